The Bertz CT molecular complexity index is 386. The highest BCUT2D eigenvalue weighted by atomic mass is 15.2. The van der Waals surface area contributed by atoms with Crippen LogP contribution in [0.4, 0.5) is 5.82 Å². The number of nitrogens with zero attached hydrogens (tertiary/aromatic N) is 2. The van der Waals surface area contributed by atoms with Gasteiger partial charge in [-0.1, -0.05) is 26.3 Å². The molecule has 20 heavy (non-hydrogen) atoms. The number of hydrogen-bond acceptors (Lipinski definition) is 3. The molecular weight excluding hydrogens is 246 g/mol. The van der Waals surface area contributed by atoms with Gasteiger partial charge in [-0.25, -0.2) is 4.98 Å². The molecule has 0 bridgehead atoms. The van der Waals surface area contributed by atoms with Gasteiger partial charge in [-0.05, 0) is 50.8 Å². The van der Waals surface area contributed by atoms with E-state index in [1.807, 2.05) is 6.20 Å². The highest BCUT2D eigenvalue weighted by molar-refractivity contribution is 5.41. The summed E-state index contributed by atoms with van der Waals surface area (Å²) < 4.78 is 0. The van der Waals surface area contributed by atoms with Crippen LogP contribution in [0, 0.1) is 0 Å². The fourth-order valence-electron chi connectivity index (χ4n) is 3.18. The Hall–Kier alpha value is -1.09. The second-order valence-corrected chi connectivity index (χ2v) is 5.86. The van der Waals surface area contributed by atoms with E-state index in [0.29, 0.717) is 12.1 Å². The van der Waals surface area contributed by atoms with Gasteiger partial charge in [-0.2, -0.15) is 0 Å². The number of piperidine rings is 1. The number of rotatable bonds is 6. The molecule has 3 heteroatoms. The SMILES string of the molecule is CCCC1CCCCN1c1ccc(C(C)NCC)cn1. The van der Waals surface area contributed by atoms with Crippen molar-refractivity contribution < 1.29 is 0 Å². The van der Waals surface area contributed by atoms with Crippen molar-refractivity contribution in [3.63, 3.8) is 0 Å². The van der Waals surface area contributed by atoms with E-state index in [9.17, 15) is 0 Å². The van der Waals surface area contributed by atoms with Crippen LogP contribution in [0.1, 0.15) is 64.5 Å². The molecule has 1 aliphatic rings. The summed E-state index contributed by atoms with van der Waals surface area (Å²) in [6.07, 6.45) is 8.59. The number of aromatic nitrogens is 1. The van der Waals surface area contributed by atoms with E-state index < -0.39 is 0 Å². The highest BCUT2D eigenvalue weighted by Gasteiger charge is 2.22. The van der Waals surface area contributed by atoms with E-state index in [2.05, 4.69) is 43.1 Å². The molecule has 2 heterocycles. The quantitative estimate of drug-likeness (QED) is 0.853. The van der Waals surface area contributed by atoms with Gasteiger partial charge in [0.2, 0.25) is 0 Å². The summed E-state index contributed by atoms with van der Waals surface area (Å²) in [5.41, 5.74) is 1.28. The van der Waals surface area contributed by atoms with Crippen LogP contribution in [0.15, 0.2) is 18.3 Å². The lowest BCUT2D eigenvalue weighted by atomic mass is 9.98. The topological polar surface area (TPSA) is 28.2 Å². The van der Waals surface area contributed by atoms with E-state index in [4.69, 9.17) is 4.98 Å². The number of anilines is 1. The van der Waals surface area contributed by atoms with Crippen LogP contribution in [0.3, 0.4) is 0 Å². The maximum Gasteiger partial charge on any atom is 0.128 e. The molecule has 0 amide bonds. The first-order valence-corrected chi connectivity index (χ1v) is 8.22. The Morgan fingerprint density at radius 3 is 2.85 bits per heavy atom. The van der Waals surface area contributed by atoms with Crippen LogP contribution in [-0.4, -0.2) is 24.1 Å². The molecule has 0 aromatic carbocycles. The van der Waals surface area contributed by atoms with Crippen LogP contribution < -0.4 is 10.2 Å². The molecule has 2 unspecified atom stereocenters. The van der Waals surface area contributed by atoms with Gasteiger partial charge in [0.1, 0.15) is 5.82 Å². The third-order valence-electron chi connectivity index (χ3n) is 4.32. The minimum absolute atomic E-state index is 0.384. The molecule has 0 spiro atoms. The van der Waals surface area contributed by atoms with Gasteiger partial charge in [0.05, 0.1) is 0 Å². The summed E-state index contributed by atoms with van der Waals surface area (Å²) in [6.45, 7) is 8.77. The van der Waals surface area contributed by atoms with Gasteiger partial charge in [-0.3, -0.25) is 0 Å². The van der Waals surface area contributed by atoms with Crippen molar-refractivity contribution in [2.45, 2.75) is 65.0 Å². The fraction of sp³-hybridized carbons (Fsp3) is 0.706. The lowest BCUT2D eigenvalue weighted by molar-refractivity contribution is 0.431. The third-order valence-corrected chi connectivity index (χ3v) is 4.32. The van der Waals surface area contributed by atoms with Gasteiger partial charge in [0.25, 0.3) is 0 Å². The van der Waals surface area contributed by atoms with Crippen LogP contribution >= 0.6 is 0 Å². The molecule has 112 valence electrons. The lowest BCUT2D eigenvalue weighted by Crippen LogP contribution is -2.40. The molecule has 1 N–H and O–H groups in total. The molecular formula is C17H29N3. The van der Waals surface area contributed by atoms with E-state index in [0.717, 1.165) is 12.4 Å². The Labute approximate surface area is 123 Å². The van der Waals surface area contributed by atoms with Crippen molar-refractivity contribution in [2.24, 2.45) is 0 Å². The van der Waals surface area contributed by atoms with Crippen molar-refractivity contribution in [1.82, 2.24) is 10.3 Å². The zero-order valence-electron chi connectivity index (χ0n) is 13.2. The van der Waals surface area contributed by atoms with Gasteiger partial charge in [0, 0.05) is 24.8 Å². The molecule has 1 fully saturated rings. The second kappa shape index (κ2) is 7.63. The largest absolute Gasteiger partial charge is 0.354 e. The molecule has 0 saturated carbocycles. The number of pyridine rings is 1. The third kappa shape index (κ3) is 3.72. The van der Waals surface area contributed by atoms with Crippen molar-refractivity contribution in [2.75, 3.05) is 18.0 Å². The molecule has 2 rings (SSSR count). The minimum Gasteiger partial charge on any atom is -0.354 e. The standard InChI is InChI=1S/C17H29N3/c1-4-8-16-9-6-7-12-20(16)17-11-10-15(13-19-17)14(3)18-5-2/h10-11,13-14,16,18H,4-9,12H2,1-3H3. The second-order valence-electron chi connectivity index (χ2n) is 5.86. The first-order valence-electron chi connectivity index (χ1n) is 8.22. The van der Waals surface area contributed by atoms with Crippen LogP contribution in [-0.2, 0) is 0 Å². The predicted molar refractivity (Wildman–Crippen MR) is 86.2 cm³/mol. The lowest BCUT2D eigenvalue weighted by Gasteiger charge is -2.36. The van der Waals surface area contributed by atoms with E-state index in [1.54, 1.807) is 0 Å². The summed E-state index contributed by atoms with van der Waals surface area (Å²) in [4.78, 5) is 7.25. The van der Waals surface area contributed by atoms with Gasteiger partial charge in [0.15, 0.2) is 0 Å². The van der Waals surface area contributed by atoms with E-state index in [-0.39, 0.29) is 0 Å². The number of hydrogen-bond donors (Lipinski definition) is 1. The van der Waals surface area contributed by atoms with Gasteiger partial charge in [-0.15, -0.1) is 0 Å². The Morgan fingerprint density at radius 2 is 2.20 bits per heavy atom. The van der Waals surface area contributed by atoms with E-state index >= 15 is 0 Å². The first kappa shape index (κ1) is 15.3. The van der Waals surface area contributed by atoms with Crippen molar-refractivity contribution in [3.05, 3.63) is 23.9 Å². The molecule has 0 radical (unpaired) electrons. The van der Waals surface area contributed by atoms with Crippen molar-refractivity contribution >= 4 is 5.82 Å². The molecule has 1 aromatic rings. The minimum atomic E-state index is 0.384. The normalized spacial score (nSPS) is 20.9. The average Bonchev–Trinajstić information content (AvgIpc) is 2.49. The summed E-state index contributed by atoms with van der Waals surface area (Å²) in [6, 6.07) is 5.51. The zero-order chi connectivity index (χ0) is 14.4. The number of nitrogens with one attached hydrogen (secondary N) is 1. The van der Waals surface area contributed by atoms with Crippen molar-refractivity contribution in [1.29, 1.82) is 0 Å². The van der Waals surface area contributed by atoms with Gasteiger partial charge >= 0.3 is 0 Å². The molecule has 1 aliphatic heterocycles. The van der Waals surface area contributed by atoms with E-state index in [1.165, 1.54) is 44.2 Å². The molecule has 0 aliphatic carbocycles. The molecule has 1 saturated heterocycles. The first-order chi connectivity index (χ1) is 9.76. The summed E-state index contributed by atoms with van der Waals surface area (Å²) in [7, 11) is 0. The fourth-order valence-corrected chi connectivity index (χ4v) is 3.18. The Balaban J connectivity index is 2.07. The molecule has 1 aromatic heterocycles. The Morgan fingerprint density at radius 1 is 1.35 bits per heavy atom. The summed E-state index contributed by atoms with van der Waals surface area (Å²) >= 11 is 0. The predicted octanol–water partition coefficient (Wildman–Crippen LogP) is 3.91. The Kier molecular flexibility index (Phi) is 5.84. The highest BCUT2D eigenvalue weighted by Crippen LogP contribution is 2.26. The van der Waals surface area contributed by atoms with Gasteiger partial charge < -0.3 is 10.2 Å². The summed E-state index contributed by atoms with van der Waals surface area (Å²) in [5.74, 6) is 1.16. The van der Waals surface area contributed by atoms with Crippen molar-refractivity contribution in [3.8, 4) is 0 Å². The molecule has 3 nitrogen and oxygen atoms in total. The zero-order valence-corrected chi connectivity index (χ0v) is 13.2. The van der Waals surface area contributed by atoms with Crippen LogP contribution in [0.5, 0.6) is 0 Å². The van der Waals surface area contributed by atoms with Crippen LogP contribution in [0.25, 0.3) is 0 Å². The smallest absolute Gasteiger partial charge is 0.128 e. The summed E-state index contributed by atoms with van der Waals surface area (Å²) in [5, 5.41) is 3.44. The maximum absolute atomic E-state index is 4.72. The van der Waals surface area contributed by atoms with Crippen LogP contribution in [0.2, 0.25) is 0 Å². The maximum atomic E-state index is 4.72. The average molecular weight is 275 g/mol. The monoisotopic (exact) mass is 275 g/mol. The molecule has 2 atom stereocenters.